The van der Waals surface area contributed by atoms with Gasteiger partial charge < -0.3 is 14.0 Å². The van der Waals surface area contributed by atoms with Gasteiger partial charge in [-0.1, -0.05) is 12.1 Å². The quantitative estimate of drug-likeness (QED) is 0.300. The molecule has 3 rings (SSSR count). The maximum Gasteiger partial charge on any atom is 0.310 e. The first kappa shape index (κ1) is 23.8. The lowest BCUT2D eigenvalue weighted by Crippen LogP contribution is -2.17. The Morgan fingerprint density at radius 1 is 1.00 bits per heavy atom. The Kier molecular flexibility index (Phi) is 8.02. The number of nitrogens with zero attached hydrogens (tertiary/aromatic N) is 2. The number of rotatable bonds is 9. The summed E-state index contributed by atoms with van der Waals surface area (Å²) >= 11 is 0. The van der Waals surface area contributed by atoms with Crippen LogP contribution in [0.15, 0.2) is 59.7 Å². The fourth-order valence-corrected chi connectivity index (χ4v) is 3.55. The number of aromatic nitrogens is 1. The molecule has 0 aliphatic heterocycles. The monoisotopic (exact) mass is 447 g/mol. The van der Waals surface area contributed by atoms with Crippen LogP contribution in [0.4, 0.5) is 0 Å². The van der Waals surface area contributed by atoms with Gasteiger partial charge >= 0.3 is 5.97 Å². The van der Waals surface area contributed by atoms with Crippen molar-refractivity contribution in [1.29, 1.82) is 0 Å². The number of hydrogen-bond donors (Lipinski definition) is 1. The molecule has 172 valence electrons. The normalized spacial score (nSPS) is 10.9. The Morgan fingerprint density at radius 2 is 1.70 bits per heavy atom. The summed E-state index contributed by atoms with van der Waals surface area (Å²) in [5.41, 5.74) is 7.88. The average molecular weight is 448 g/mol. The standard InChI is InChI=1S/C26H29N3O4/c1-5-32-24-13-9-21(10-14-24)26(31)28-27-17-22-15-18(3)29(19(22)4)23-11-7-20(8-12-23)16-25(30)33-6-2/h7-15,17H,5-6,16H2,1-4H3,(H,28,31)/b27-17-. The van der Waals surface area contributed by atoms with E-state index in [-0.39, 0.29) is 18.3 Å². The van der Waals surface area contributed by atoms with Gasteiger partial charge in [-0.2, -0.15) is 5.10 Å². The van der Waals surface area contributed by atoms with E-state index in [9.17, 15) is 9.59 Å². The number of amides is 1. The summed E-state index contributed by atoms with van der Waals surface area (Å²) in [7, 11) is 0. The molecule has 1 aromatic heterocycles. The van der Waals surface area contributed by atoms with Gasteiger partial charge in [0.25, 0.3) is 5.91 Å². The lowest BCUT2D eigenvalue weighted by Gasteiger charge is -2.10. The molecule has 0 unspecified atom stereocenters. The number of nitrogens with one attached hydrogen (secondary N) is 1. The van der Waals surface area contributed by atoms with Gasteiger partial charge in [0.2, 0.25) is 0 Å². The van der Waals surface area contributed by atoms with Crippen LogP contribution in [-0.4, -0.2) is 35.9 Å². The third-order valence-electron chi connectivity index (χ3n) is 5.12. The molecule has 33 heavy (non-hydrogen) atoms. The molecule has 3 aromatic rings. The van der Waals surface area contributed by atoms with Gasteiger partial charge in [-0.15, -0.1) is 0 Å². The van der Waals surface area contributed by atoms with Crippen LogP contribution in [-0.2, 0) is 16.0 Å². The summed E-state index contributed by atoms with van der Waals surface area (Å²) < 4.78 is 12.5. The Hall–Kier alpha value is -3.87. The zero-order valence-corrected chi connectivity index (χ0v) is 19.4. The van der Waals surface area contributed by atoms with E-state index in [1.807, 2.05) is 51.1 Å². The summed E-state index contributed by atoms with van der Waals surface area (Å²) in [6, 6.07) is 16.7. The minimum absolute atomic E-state index is 0.232. The second-order valence-corrected chi connectivity index (χ2v) is 7.47. The topological polar surface area (TPSA) is 81.9 Å². The minimum atomic E-state index is -0.291. The first-order chi connectivity index (χ1) is 15.9. The molecule has 1 N–H and O–H groups in total. The van der Waals surface area contributed by atoms with Crippen molar-refractivity contribution in [2.45, 2.75) is 34.1 Å². The van der Waals surface area contributed by atoms with Crippen molar-refractivity contribution >= 4 is 18.1 Å². The van der Waals surface area contributed by atoms with Gasteiger partial charge in [-0.3, -0.25) is 9.59 Å². The fraction of sp³-hybridized carbons (Fsp3) is 0.269. The van der Waals surface area contributed by atoms with Crippen LogP contribution in [0.3, 0.4) is 0 Å². The van der Waals surface area contributed by atoms with Crippen molar-refractivity contribution in [2.24, 2.45) is 5.10 Å². The summed E-state index contributed by atoms with van der Waals surface area (Å²) in [5.74, 6) is 0.198. The van der Waals surface area contributed by atoms with E-state index in [1.165, 1.54) is 0 Å². The number of aryl methyl sites for hydroxylation is 1. The number of carbonyl (C=O) groups is 2. The van der Waals surface area contributed by atoms with E-state index in [1.54, 1.807) is 37.4 Å². The fourth-order valence-electron chi connectivity index (χ4n) is 3.55. The van der Waals surface area contributed by atoms with Gasteiger partial charge in [-0.05, 0) is 75.7 Å². The van der Waals surface area contributed by atoms with Crippen LogP contribution in [0.1, 0.15) is 46.7 Å². The van der Waals surface area contributed by atoms with Gasteiger partial charge in [-0.25, -0.2) is 5.43 Å². The van der Waals surface area contributed by atoms with Crippen molar-refractivity contribution in [3.05, 3.63) is 82.7 Å². The molecule has 0 radical (unpaired) electrons. The maximum atomic E-state index is 12.3. The highest BCUT2D eigenvalue weighted by Crippen LogP contribution is 2.20. The molecule has 2 aromatic carbocycles. The molecule has 0 atom stereocenters. The molecule has 1 heterocycles. The van der Waals surface area contributed by atoms with E-state index < -0.39 is 0 Å². The molecular formula is C26H29N3O4. The van der Waals surface area contributed by atoms with Crippen LogP contribution in [0, 0.1) is 13.8 Å². The third-order valence-corrected chi connectivity index (χ3v) is 5.12. The molecule has 0 spiro atoms. The molecule has 0 aliphatic carbocycles. The summed E-state index contributed by atoms with van der Waals surface area (Å²) in [4.78, 5) is 24.0. The Bertz CT molecular complexity index is 1130. The largest absolute Gasteiger partial charge is 0.494 e. The molecule has 1 amide bonds. The first-order valence-electron chi connectivity index (χ1n) is 10.9. The lowest BCUT2D eigenvalue weighted by molar-refractivity contribution is -0.142. The van der Waals surface area contributed by atoms with Crippen LogP contribution in [0.25, 0.3) is 5.69 Å². The number of ether oxygens (including phenoxy) is 2. The summed E-state index contributed by atoms with van der Waals surface area (Å²) in [6.07, 6.45) is 1.89. The number of hydrogen-bond acceptors (Lipinski definition) is 5. The Labute approximate surface area is 194 Å². The third kappa shape index (κ3) is 6.10. The molecule has 7 heteroatoms. The molecule has 7 nitrogen and oxygen atoms in total. The molecule has 0 saturated heterocycles. The Balaban J connectivity index is 1.68. The molecule has 0 saturated carbocycles. The van der Waals surface area contributed by atoms with Crippen molar-refractivity contribution in [1.82, 2.24) is 9.99 Å². The SMILES string of the molecule is CCOC(=O)Cc1ccc(-n2c(C)cc(/C=N\NC(=O)c3ccc(OCC)cc3)c2C)cc1. The number of carbonyl (C=O) groups excluding carboxylic acids is 2. The minimum Gasteiger partial charge on any atom is -0.494 e. The van der Waals surface area contributed by atoms with E-state index in [4.69, 9.17) is 9.47 Å². The molecule has 0 fully saturated rings. The highest BCUT2D eigenvalue weighted by molar-refractivity contribution is 5.95. The molecule has 0 bridgehead atoms. The first-order valence-corrected chi connectivity index (χ1v) is 10.9. The second kappa shape index (κ2) is 11.1. The predicted molar refractivity (Wildman–Crippen MR) is 128 cm³/mol. The van der Waals surface area contributed by atoms with E-state index >= 15 is 0 Å². The van der Waals surface area contributed by atoms with E-state index in [0.29, 0.717) is 18.8 Å². The van der Waals surface area contributed by atoms with Gasteiger partial charge in [0, 0.05) is 28.2 Å². The Morgan fingerprint density at radius 3 is 2.33 bits per heavy atom. The lowest BCUT2D eigenvalue weighted by atomic mass is 10.1. The zero-order chi connectivity index (χ0) is 23.8. The van der Waals surface area contributed by atoms with Gasteiger partial charge in [0.15, 0.2) is 0 Å². The zero-order valence-electron chi connectivity index (χ0n) is 19.4. The highest BCUT2D eigenvalue weighted by Gasteiger charge is 2.11. The number of esters is 1. The highest BCUT2D eigenvalue weighted by atomic mass is 16.5. The summed E-state index contributed by atoms with van der Waals surface area (Å²) in [6.45, 7) is 8.67. The average Bonchev–Trinajstić information content (AvgIpc) is 3.08. The van der Waals surface area contributed by atoms with Crippen LogP contribution >= 0.6 is 0 Å². The second-order valence-electron chi connectivity index (χ2n) is 7.47. The van der Waals surface area contributed by atoms with E-state index in [0.717, 1.165) is 34.0 Å². The van der Waals surface area contributed by atoms with Gasteiger partial charge in [0.05, 0.1) is 25.8 Å². The maximum absolute atomic E-state index is 12.3. The van der Waals surface area contributed by atoms with E-state index in [2.05, 4.69) is 15.1 Å². The van der Waals surface area contributed by atoms with Crippen LogP contribution < -0.4 is 10.2 Å². The predicted octanol–water partition coefficient (Wildman–Crippen LogP) is 4.36. The van der Waals surface area contributed by atoms with Crippen molar-refractivity contribution < 1.29 is 19.1 Å². The smallest absolute Gasteiger partial charge is 0.310 e. The molecule has 0 aliphatic rings. The molecular weight excluding hydrogens is 418 g/mol. The van der Waals surface area contributed by atoms with Crippen molar-refractivity contribution in [3.8, 4) is 11.4 Å². The van der Waals surface area contributed by atoms with Crippen molar-refractivity contribution in [2.75, 3.05) is 13.2 Å². The van der Waals surface area contributed by atoms with Gasteiger partial charge in [0.1, 0.15) is 5.75 Å². The van der Waals surface area contributed by atoms with Crippen LogP contribution in [0.2, 0.25) is 0 Å². The number of benzene rings is 2. The number of hydrazone groups is 1. The van der Waals surface area contributed by atoms with Crippen molar-refractivity contribution in [3.63, 3.8) is 0 Å². The summed E-state index contributed by atoms with van der Waals surface area (Å²) in [5, 5.41) is 4.13. The van der Waals surface area contributed by atoms with Crippen LogP contribution in [0.5, 0.6) is 5.75 Å².